The molecule has 2 aromatic carbocycles. The van der Waals surface area contributed by atoms with Crippen LogP contribution in [0.3, 0.4) is 0 Å². The molecule has 0 spiro atoms. The normalized spacial score (nSPS) is 10.7. The van der Waals surface area contributed by atoms with E-state index >= 15 is 0 Å². The Morgan fingerprint density at radius 2 is 1.54 bits per heavy atom. The molecule has 0 atom stereocenters. The minimum Gasteiger partial charge on any atom is -0.507 e. The zero-order valence-electron chi connectivity index (χ0n) is 14.2. The zero-order valence-corrected chi connectivity index (χ0v) is 14.2. The first-order chi connectivity index (χ1) is 12.4. The number of benzene rings is 2. The highest BCUT2D eigenvalue weighted by Crippen LogP contribution is 2.43. The number of ether oxygens (including phenoxy) is 3. The second-order valence-corrected chi connectivity index (χ2v) is 5.33. The summed E-state index contributed by atoms with van der Waals surface area (Å²) in [6.45, 7) is 0. The van der Waals surface area contributed by atoms with Gasteiger partial charge in [-0.05, 0) is 18.2 Å². The van der Waals surface area contributed by atoms with Gasteiger partial charge in [-0.3, -0.25) is 4.79 Å². The van der Waals surface area contributed by atoms with Crippen molar-refractivity contribution in [1.82, 2.24) is 0 Å². The molecule has 26 heavy (non-hydrogen) atoms. The van der Waals surface area contributed by atoms with E-state index in [2.05, 4.69) is 0 Å². The van der Waals surface area contributed by atoms with E-state index in [9.17, 15) is 20.1 Å². The third-order valence-corrected chi connectivity index (χ3v) is 3.89. The Kier molecular flexibility index (Phi) is 4.25. The maximum atomic E-state index is 12.8. The second kappa shape index (κ2) is 6.40. The summed E-state index contributed by atoms with van der Waals surface area (Å²) in [5.41, 5.74) is -0.395. The van der Waals surface area contributed by atoms with Gasteiger partial charge in [-0.15, -0.1) is 0 Å². The van der Waals surface area contributed by atoms with Crippen LogP contribution in [0.4, 0.5) is 0 Å². The molecule has 3 N–H and O–H groups in total. The number of rotatable bonds is 4. The standard InChI is InChI=1S/C18H16O8/c1-23-12-7-11(21)13-14(22)18(25-3)15(26-17(13)16(12)24-2)8-4-5-9(19)10(20)6-8/h4-7,19-21H,1-3H3. The van der Waals surface area contributed by atoms with Gasteiger partial charge in [0.25, 0.3) is 0 Å². The molecule has 0 radical (unpaired) electrons. The number of phenols is 3. The zero-order chi connectivity index (χ0) is 19.0. The quantitative estimate of drug-likeness (QED) is 0.608. The fraction of sp³-hybridized carbons (Fsp3) is 0.167. The second-order valence-electron chi connectivity index (χ2n) is 5.33. The smallest absolute Gasteiger partial charge is 0.239 e. The molecule has 136 valence electrons. The van der Waals surface area contributed by atoms with Gasteiger partial charge in [0.2, 0.25) is 16.9 Å². The van der Waals surface area contributed by atoms with Gasteiger partial charge < -0.3 is 33.9 Å². The Morgan fingerprint density at radius 1 is 0.846 bits per heavy atom. The molecule has 1 aromatic heterocycles. The molecule has 0 aliphatic carbocycles. The van der Waals surface area contributed by atoms with E-state index in [1.165, 1.54) is 45.6 Å². The summed E-state index contributed by atoms with van der Waals surface area (Å²) in [6, 6.07) is 5.14. The molecule has 3 aromatic rings. The minimum atomic E-state index is -0.630. The highest BCUT2D eigenvalue weighted by Gasteiger charge is 2.24. The van der Waals surface area contributed by atoms with E-state index < -0.39 is 11.2 Å². The molecule has 0 saturated carbocycles. The van der Waals surface area contributed by atoms with Gasteiger partial charge in [-0.25, -0.2) is 0 Å². The molecule has 8 heteroatoms. The van der Waals surface area contributed by atoms with Crippen molar-refractivity contribution < 1.29 is 33.9 Å². The lowest BCUT2D eigenvalue weighted by Crippen LogP contribution is -2.09. The average Bonchev–Trinajstić information content (AvgIpc) is 2.63. The number of hydrogen-bond donors (Lipinski definition) is 3. The Morgan fingerprint density at radius 3 is 2.12 bits per heavy atom. The summed E-state index contributed by atoms with van der Waals surface area (Å²) in [6.07, 6.45) is 0. The molecule has 3 rings (SSSR count). The molecule has 0 aliphatic rings. The molecular formula is C18H16O8. The van der Waals surface area contributed by atoms with Crippen LogP contribution in [0.1, 0.15) is 0 Å². The van der Waals surface area contributed by atoms with Crippen LogP contribution in [0.15, 0.2) is 33.5 Å². The molecule has 0 amide bonds. The van der Waals surface area contributed by atoms with Crippen LogP contribution in [0.2, 0.25) is 0 Å². The maximum Gasteiger partial charge on any atom is 0.239 e. The molecule has 0 fully saturated rings. The van der Waals surface area contributed by atoms with Crippen LogP contribution in [0, 0.1) is 0 Å². The number of aromatic hydroxyl groups is 3. The fourth-order valence-corrected chi connectivity index (χ4v) is 2.67. The first-order valence-electron chi connectivity index (χ1n) is 7.44. The summed E-state index contributed by atoms with van der Waals surface area (Å²) in [7, 11) is 4.02. The highest BCUT2D eigenvalue weighted by molar-refractivity contribution is 5.93. The Balaban J connectivity index is 2.47. The highest BCUT2D eigenvalue weighted by atomic mass is 16.5. The lowest BCUT2D eigenvalue weighted by Gasteiger charge is -2.14. The predicted molar refractivity (Wildman–Crippen MR) is 92.6 cm³/mol. The van der Waals surface area contributed by atoms with Gasteiger partial charge in [0.1, 0.15) is 11.1 Å². The van der Waals surface area contributed by atoms with E-state index in [1.54, 1.807) is 0 Å². The summed E-state index contributed by atoms with van der Waals surface area (Å²) in [5.74, 6) is -0.976. The van der Waals surface area contributed by atoms with Gasteiger partial charge in [-0.1, -0.05) is 0 Å². The van der Waals surface area contributed by atoms with Crippen molar-refractivity contribution in [3.05, 3.63) is 34.5 Å². The van der Waals surface area contributed by atoms with Crippen LogP contribution in [0.25, 0.3) is 22.3 Å². The van der Waals surface area contributed by atoms with Crippen molar-refractivity contribution in [1.29, 1.82) is 0 Å². The SMILES string of the molecule is COc1cc(O)c2c(=O)c(OC)c(-c3ccc(O)c(O)c3)oc2c1OC. The van der Waals surface area contributed by atoms with Crippen LogP contribution >= 0.6 is 0 Å². The summed E-state index contributed by atoms with van der Waals surface area (Å²) < 4.78 is 21.4. The first-order valence-corrected chi connectivity index (χ1v) is 7.44. The van der Waals surface area contributed by atoms with Crippen LogP contribution in [-0.4, -0.2) is 36.6 Å². The van der Waals surface area contributed by atoms with Crippen molar-refractivity contribution in [2.24, 2.45) is 0 Å². The molecule has 0 unspecified atom stereocenters. The van der Waals surface area contributed by atoms with Crippen molar-refractivity contribution in [3.8, 4) is 45.8 Å². The van der Waals surface area contributed by atoms with Crippen molar-refractivity contribution >= 4 is 11.0 Å². The molecule has 1 heterocycles. The van der Waals surface area contributed by atoms with Crippen LogP contribution in [0.5, 0.6) is 34.5 Å². The van der Waals surface area contributed by atoms with E-state index in [-0.39, 0.29) is 51.0 Å². The number of methoxy groups -OCH3 is 3. The van der Waals surface area contributed by atoms with Crippen LogP contribution < -0.4 is 19.6 Å². The molecule has 0 bridgehead atoms. The lowest BCUT2D eigenvalue weighted by molar-refractivity contribution is 0.348. The Labute approximate surface area is 147 Å². The van der Waals surface area contributed by atoms with E-state index in [0.717, 1.165) is 0 Å². The minimum absolute atomic E-state index is 0.00810. The number of fused-ring (bicyclic) bond motifs is 1. The lowest BCUT2D eigenvalue weighted by atomic mass is 10.1. The first kappa shape index (κ1) is 17.3. The summed E-state index contributed by atoms with van der Waals surface area (Å²) in [5, 5.41) is 29.3. The average molecular weight is 360 g/mol. The monoisotopic (exact) mass is 360 g/mol. The van der Waals surface area contributed by atoms with Gasteiger partial charge >= 0.3 is 0 Å². The Hall–Kier alpha value is -3.55. The largest absolute Gasteiger partial charge is 0.507 e. The van der Waals surface area contributed by atoms with Gasteiger partial charge in [0.15, 0.2) is 28.6 Å². The molecule has 0 aliphatic heterocycles. The van der Waals surface area contributed by atoms with Crippen molar-refractivity contribution in [2.45, 2.75) is 0 Å². The predicted octanol–water partition coefficient (Wildman–Crippen LogP) is 2.60. The third-order valence-electron chi connectivity index (χ3n) is 3.89. The summed E-state index contributed by atoms with van der Waals surface area (Å²) >= 11 is 0. The van der Waals surface area contributed by atoms with Crippen molar-refractivity contribution in [3.63, 3.8) is 0 Å². The maximum absolute atomic E-state index is 12.8. The van der Waals surface area contributed by atoms with Gasteiger partial charge in [-0.2, -0.15) is 0 Å². The van der Waals surface area contributed by atoms with E-state index in [4.69, 9.17) is 18.6 Å². The Bertz CT molecular complexity index is 1050. The summed E-state index contributed by atoms with van der Waals surface area (Å²) in [4.78, 5) is 12.8. The van der Waals surface area contributed by atoms with Gasteiger partial charge in [0.05, 0.1) is 21.3 Å². The molecule has 0 saturated heterocycles. The molecular weight excluding hydrogens is 344 g/mol. The van der Waals surface area contributed by atoms with Crippen molar-refractivity contribution in [2.75, 3.05) is 21.3 Å². The molecule has 8 nitrogen and oxygen atoms in total. The third kappa shape index (κ3) is 2.52. The number of phenolic OH excluding ortho intramolecular Hbond substituents is 3. The topological polar surface area (TPSA) is 119 Å². The fourth-order valence-electron chi connectivity index (χ4n) is 2.67. The van der Waals surface area contributed by atoms with Crippen LogP contribution in [-0.2, 0) is 0 Å². The number of hydrogen-bond acceptors (Lipinski definition) is 8. The van der Waals surface area contributed by atoms with Gasteiger partial charge in [0, 0.05) is 11.6 Å². The van der Waals surface area contributed by atoms with E-state index in [0.29, 0.717) is 0 Å². The van der Waals surface area contributed by atoms with E-state index in [1.807, 2.05) is 0 Å².